The summed E-state index contributed by atoms with van der Waals surface area (Å²) in [5.41, 5.74) is 6.57. The van der Waals surface area contributed by atoms with Gasteiger partial charge in [-0.3, -0.25) is 4.79 Å². The molecule has 1 aliphatic rings. The normalized spacial score (nSPS) is 13.3. The highest BCUT2D eigenvalue weighted by Gasteiger charge is 2.15. The lowest BCUT2D eigenvalue weighted by atomic mass is 10.0. The molecule has 0 bridgehead atoms. The fourth-order valence-electron chi connectivity index (χ4n) is 1.53. The van der Waals surface area contributed by atoms with Crippen molar-refractivity contribution in [3.05, 3.63) is 28.8 Å². The van der Waals surface area contributed by atoms with Crippen molar-refractivity contribution in [3.63, 3.8) is 0 Å². The number of nitriles is 1. The van der Waals surface area contributed by atoms with Gasteiger partial charge in [0.25, 0.3) is 5.91 Å². The summed E-state index contributed by atoms with van der Waals surface area (Å²) >= 11 is 0. The zero-order valence-electron chi connectivity index (χ0n) is 9.19. The Hall–Kier alpha value is -2.48. The number of rotatable bonds is 2. The number of carbonyl (C=O) groups is 1. The third kappa shape index (κ3) is 2.06. The first-order chi connectivity index (χ1) is 8.11. The van der Waals surface area contributed by atoms with Crippen molar-refractivity contribution in [2.45, 2.75) is 6.92 Å². The SMILES string of the molecule is Cc1cc2c(cc1C=C(C#N)C(N)=O)OCO2. The second-order valence-corrected chi connectivity index (χ2v) is 3.60. The lowest BCUT2D eigenvalue weighted by Crippen LogP contribution is -2.12. The minimum Gasteiger partial charge on any atom is -0.454 e. The van der Waals surface area contributed by atoms with Crippen LogP contribution in [0.1, 0.15) is 11.1 Å². The highest BCUT2D eigenvalue weighted by atomic mass is 16.7. The van der Waals surface area contributed by atoms with Crippen molar-refractivity contribution < 1.29 is 14.3 Å². The van der Waals surface area contributed by atoms with E-state index in [9.17, 15) is 4.79 Å². The number of carbonyl (C=O) groups excluding carboxylic acids is 1. The van der Waals surface area contributed by atoms with E-state index in [1.54, 1.807) is 18.2 Å². The summed E-state index contributed by atoms with van der Waals surface area (Å²) in [7, 11) is 0. The number of benzene rings is 1. The van der Waals surface area contributed by atoms with Gasteiger partial charge < -0.3 is 15.2 Å². The van der Waals surface area contributed by atoms with E-state index in [0.29, 0.717) is 17.1 Å². The summed E-state index contributed by atoms with van der Waals surface area (Å²) in [4.78, 5) is 11.0. The molecule has 0 saturated heterocycles. The third-order valence-corrected chi connectivity index (χ3v) is 2.45. The Labute approximate surface area is 98.0 Å². The molecule has 0 atom stereocenters. The average molecular weight is 230 g/mol. The standard InChI is InChI=1S/C12H10N2O3/c1-7-2-10-11(17-6-16-10)4-8(7)3-9(5-13)12(14)15/h2-4H,6H2,1H3,(H2,14,15). The van der Waals surface area contributed by atoms with Crippen LogP contribution in [0.15, 0.2) is 17.7 Å². The number of hydrogen-bond donors (Lipinski definition) is 1. The van der Waals surface area contributed by atoms with Crippen LogP contribution >= 0.6 is 0 Å². The fourth-order valence-corrected chi connectivity index (χ4v) is 1.53. The molecule has 2 rings (SSSR count). The van der Waals surface area contributed by atoms with E-state index in [1.807, 2.05) is 6.92 Å². The summed E-state index contributed by atoms with van der Waals surface area (Å²) in [6.45, 7) is 2.03. The summed E-state index contributed by atoms with van der Waals surface area (Å²) in [6, 6.07) is 5.28. The number of fused-ring (bicyclic) bond motifs is 1. The second-order valence-electron chi connectivity index (χ2n) is 3.60. The maximum atomic E-state index is 11.0. The van der Waals surface area contributed by atoms with Crippen molar-refractivity contribution in [3.8, 4) is 17.6 Å². The molecule has 2 N–H and O–H groups in total. The van der Waals surface area contributed by atoms with Gasteiger partial charge in [-0.1, -0.05) is 0 Å². The van der Waals surface area contributed by atoms with Crippen LogP contribution in [-0.4, -0.2) is 12.7 Å². The molecule has 86 valence electrons. The van der Waals surface area contributed by atoms with Crippen molar-refractivity contribution in [2.75, 3.05) is 6.79 Å². The second kappa shape index (κ2) is 4.18. The zero-order valence-corrected chi connectivity index (χ0v) is 9.19. The van der Waals surface area contributed by atoms with Gasteiger partial charge in [0, 0.05) is 0 Å². The summed E-state index contributed by atoms with van der Waals surface area (Å²) in [5.74, 6) is 0.519. The van der Waals surface area contributed by atoms with Gasteiger partial charge in [-0.25, -0.2) is 0 Å². The first-order valence-corrected chi connectivity index (χ1v) is 4.93. The first kappa shape index (κ1) is 11.0. The fraction of sp³-hybridized carbons (Fsp3) is 0.167. The van der Waals surface area contributed by atoms with Crippen LogP contribution in [0, 0.1) is 18.3 Å². The molecule has 1 aliphatic heterocycles. The Morgan fingerprint density at radius 2 is 2.12 bits per heavy atom. The maximum absolute atomic E-state index is 11.0. The Morgan fingerprint density at radius 1 is 1.47 bits per heavy atom. The number of aryl methyl sites for hydroxylation is 1. The van der Waals surface area contributed by atoms with E-state index in [2.05, 4.69) is 0 Å². The molecule has 1 heterocycles. The number of primary amides is 1. The highest BCUT2D eigenvalue weighted by molar-refractivity contribution is 6.00. The predicted octanol–water partition coefficient (Wildman–Crippen LogP) is 1.12. The van der Waals surface area contributed by atoms with Crippen LogP contribution < -0.4 is 15.2 Å². The van der Waals surface area contributed by atoms with Gasteiger partial charge in [0.2, 0.25) is 6.79 Å². The van der Waals surface area contributed by atoms with E-state index in [-0.39, 0.29) is 12.4 Å². The van der Waals surface area contributed by atoms with Crippen molar-refractivity contribution in [1.82, 2.24) is 0 Å². The van der Waals surface area contributed by atoms with E-state index in [4.69, 9.17) is 20.5 Å². The molecule has 0 aromatic heterocycles. The molecular formula is C12H10N2O3. The molecule has 17 heavy (non-hydrogen) atoms. The number of hydrogen-bond acceptors (Lipinski definition) is 4. The summed E-state index contributed by atoms with van der Waals surface area (Å²) < 4.78 is 10.4. The quantitative estimate of drug-likeness (QED) is 0.609. The minimum absolute atomic E-state index is 0.0908. The molecule has 0 radical (unpaired) electrons. The number of ether oxygens (including phenoxy) is 2. The number of amides is 1. The van der Waals surface area contributed by atoms with Gasteiger partial charge in [-0.15, -0.1) is 0 Å². The van der Waals surface area contributed by atoms with Gasteiger partial charge in [0.05, 0.1) is 0 Å². The van der Waals surface area contributed by atoms with Crippen LogP contribution in [0.2, 0.25) is 0 Å². The number of nitrogens with zero attached hydrogens (tertiary/aromatic N) is 1. The first-order valence-electron chi connectivity index (χ1n) is 4.93. The van der Waals surface area contributed by atoms with Crippen molar-refractivity contribution >= 4 is 12.0 Å². The Bertz CT molecular complexity index is 556. The monoisotopic (exact) mass is 230 g/mol. The minimum atomic E-state index is -0.746. The largest absolute Gasteiger partial charge is 0.454 e. The molecule has 1 amide bonds. The van der Waals surface area contributed by atoms with E-state index in [1.165, 1.54) is 6.08 Å². The average Bonchev–Trinajstić information content (AvgIpc) is 2.72. The van der Waals surface area contributed by atoms with Gasteiger partial charge in [0.1, 0.15) is 11.6 Å². The molecule has 1 aromatic carbocycles. The van der Waals surface area contributed by atoms with Crippen LogP contribution in [0.25, 0.3) is 6.08 Å². The van der Waals surface area contributed by atoms with Gasteiger partial charge in [-0.05, 0) is 36.3 Å². The lowest BCUT2D eigenvalue weighted by Gasteiger charge is -2.03. The van der Waals surface area contributed by atoms with Crippen molar-refractivity contribution in [2.24, 2.45) is 5.73 Å². The van der Waals surface area contributed by atoms with Gasteiger partial charge in [-0.2, -0.15) is 5.26 Å². The van der Waals surface area contributed by atoms with Crippen LogP contribution in [0.5, 0.6) is 11.5 Å². The zero-order chi connectivity index (χ0) is 12.4. The van der Waals surface area contributed by atoms with E-state index >= 15 is 0 Å². The Morgan fingerprint density at radius 3 is 2.71 bits per heavy atom. The smallest absolute Gasteiger partial charge is 0.259 e. The molecule has 0 unspecified atom stereocenters. The molecular weight excluding hydrogens is 220 g/mol. The Balaban J connectivity index is 2.47. The maximum Gasteiger partial charge on any atom is 0.259 e. The Kier molecular flexibility index (Phi) is 2.71. The van der Waals surface area contributed by atoms with Crippen LogP contribution in [0.4, 0.5) is 0 Å². The molecule has 5 nitrogen and oxygen atoms in total. The van der Waals surface area contributed by atoms with Gasteiger partial charge >= 0.3 is 0 Å². The molecule has 0 aliphatic carbocycles. The number of nitrogens with two attached hydrogens (primary N) is 1. The molecule has 1 aromatic rings. The van der Waals surface area contributed by atoms with E-state index in [0.717, 1.165) is 5.56 Å². The van der Waals surface area contributed by atoms with Crippen molar-refractivity contribution in [1.29, 1.82) is 5.26 Å². The molecule has 0 fully saturated rings. The molecule has 0 spiro atoms. The van der Waals surface area contributed by atoms with Crippen LogP contribution in [-0.2, 0) is 4.79 Å². The topological polar surface area (TPSA) is 85.3 Å². The van der Waals surface area contributed by atoms with Crippen LogP contribution in [0.3, 0.4) is 0 Å². The van der Waals surface area contributed by atoms with E-state index < -0.39 is 5.91 Å². The molecule has 0 saturated carbocycles. The van der Waals surface area contributed by atoms with Gasteiger partial charge in [0.15, 0.2) is 11.5 Å². The lowest BCUT2D eigenvalue weighted by molar-refractivity contribution is -0.114. The highest BCUT2D eigenvalue weighted by Crippen LogP contribution is 2.35. The summed E-state index contributed by atoms with van der Waals surface area (Å²) in [6.07, 6.45) is 1.44. The third-order valence-electron chi connectivity index (χ3n) is 2.45. The summed E-state index contributed by atoms with van der Waals surface area (Å²) in [5, 5.41) is 8.77. The predicted molar refractivity (Wildman–Crippen MR) is 60.1 cm³/mol. The molecule has 5 heteroatoms.